The zero-order valence-electron chi connectivity index (χ0n) is 9.48. The molecule has 0 saturated carbocycles. The minimum absolute atomic E-state index is 0.295. The molecule has 86 valence electrons. The van der Waals surface area contributed by atoms with Crippen molar-refractivity contribution < 1.29 is 4.79 Å². The summed E-state index contributed by atoms with van der Waals surface area (Å²) in [5, 5.41) is 0. The van der Waals surface area contributed by atoms with Crippen molar-refractivity contribution in [2.45, 2.75) is 38.3 Å². The topological polar surface area (TPSA) is 49.6 Å². The number of rotatable bonds is 2. The van der Waals surface area contributed by atoms with Gasteiger partial charge in [0.25, 0.3) is 0 Å². The molecule has 15 heavy (non-hydrogen) atoms. The van der Waals surface area contributed by atoms with Crippen LogP contribution in [0, 0.1) is 0 Å². The summed E-state index contributed by atoms with van der Waals surface area (Å²) in [7, 11) is 0. The van der Waals surface area contributed by atoms with Gasteiger partial charge in [0.15, 0.2) is 0 Å². The zero-order chi connectivity index (χ0) is 10.8. The molecule has 0 aromatic rings. The molecule has 0 bridgehead atoms. The van der Waals surface area contributed by atoms with Gasteiger partial charge < -0.3 is 10.6 Å². The third-order valence-electron chi connectivity index (χ3n) is 3.60. The minimum atomic E-state index is 0.295. The molecule has 2 rings (SSSR count). The first-order chi connectivity index (χ1) is 7.16. The first-order valence-electron chi connectivity index (χ1n) is 5.94. The van der Waals surface area contributed by atoms with Gasteiger partial charge in [-0.2, -0.15) is 0 Å². The lowest BCUT2D eigenvalue weighted by molar-refractivity contribution is -0.136. The summed E-state index contributed by atoms with van der Waals surface area (Å²) in [6.07, 6.45) is 3.22. The van der Waals surface area contributed by atoms with Crippen molar-refractivity contribution in [3.05, 3.63) is 0 Å². The average Bonchev–Trinajstić information content (AvgIpc) is 2.07. The van der Waals surface area contributed by atoms with Gasteiger partial charge in [-0.1, -0.05) is 0 Å². The van der Waals surface area contributed by atoms with Gasteiger partial charge in [0.1, 0.15) is 0 Å². The van der Waals surface area contributed by atoms with E-state index in [4.69, 9.17) is 5.73 Å². The lowest BCUT2D eigenvalue weighted by atomic mass is 9.99. The van der Waals surface area contributed by atoms with Gasteiger partial charge in [-0.25, -0.2) is 0 Å². The van der Waals surface area contributed by atoms with Crippen molar-refractivity contribution >= 4 is 5.91 Å². The van der Waals surface area contributed by atoms with Crippen molar-refractivity contribution in [1.82, 2.24) is 9.80 Å². The highest BCUT2D eigenvalue weighted by Crippen LogP contribution is 2.16. The Labute approximate surface area is 91.4 Å². The van der Waals surface area contributed by atoms with Crippen molar-refractivity contribution in [2.75, 3.05) is 26.2 Å². The summed E-state index contributed by atoms with van der Waals surface area (Å²) in [6, 6.07) is 0.786. The van der Waals surface area contributed by atoms with E-state index in [1.807, 2.05) is 4.90 Å². The van der Waals surface area contributed by atoms with Crippen LogP contribution in [0.15, 0.2) is 0 Å². The number of nitrogens with two attached hydrogens (primary N) is 1. The van der Waals surface area contributed by atoms with Gasteiger partial charge in [-0.15, -0.1) is 0 Å². The molecule has 2 unspecified atom stereocenters. The Morgan fingerprint density at radius 3 is 2.67 bits per heavy atom. The summed E-state index contributed by atoms with van der Waals surface area (Å²) in [6.45, 7) is 5.65. The second-order valence-electron chi connectivity index (χ2n) is 4.84. The maximum Gasteiger partial charge on any atom is 0.236 e. The van der Waals surface area contributed by atoms with E-state index in [9.17, 15) is 4.79 Å². The fourth-order valence-corrected chi connectivity index (χ4v) is 2.33. The fraction of sp³-hybridized carbons (Fsp3) is 0.909. The molecule has 0 aromatic heterocycles. The number of carbonyl (C=O) groups is 1. The van der Waals surface area contributed by atoms with Gasteiger partial charge in [0.2, 0.25) is 5.91 Å². The molecule has 0 radical (unpaired) electrons. The summed E-state index contributed by atoms with van der Waals surface area (Å²) >= 11 is 0. The Morgan fingerprint density at radius 1 is 1.40 bits per heavy atom. The Balaban J connectivity index is 1.80. The van der Waals surface area contributed by atoms with Crippen LogP contribution >= 0.6 is 0 Å². The number of hydrogen-bond acceptors (Lipinski definition) is 3. The predicted octanol–water partition coefficient (Wildman–Crippen LogP) is 0.0303. The lowest BCUT2D eigenvalue weighted by Gasteiger charge is -2.38. The van der Waals surface area contributed by atoms with E-state index >= 15 is 0 Å². The van der Waals surface area contributed by atoms with Crippen LogP contribution in [0.3, 0.4) is 0 Å². The van der Waals surface area contributed by atoms with E-state index in [-0.39, 0.29) is 0 Å². The van der Waals surface area contributed by atoms with E-state index in [0.717, 1.165) is 32.5 Å². The molecule has 0 aromatic carbocycles. The fourth-order valence-electron chi connectivity index (χ4n) is 2.33. The van der Waals surface area contributed by atoms with Crippen LogP contribution in [-0.4, -0.2) is 54.0 Å². The molecule has 1 amide bonds. The number of carbonyl (C=O) groups excluding carboxylic acids is 1. The molecule has 2 saturated heterocycles. The van der Waals surface area contributed by atoms with Crippen molar-refractivity contribution in [3.8, 4) is 0 Å². The van der Waals surface area contributed by atoms with E-state index < -0.39 is 0 Å². The minimum Gasteiger partial charge on any atom is -0.341 e. The third kappa shape index (κ3) is 2.49. The summed E-state index contributed by atoms with van der Waals surface area (Å²) in [4.78, 5) is 16.0. The van der Waals surface area contributed by atoms with Gasteiger partial charge in [-0.3, -0.25) is 9.69 Å². The Morgan fingerprint density at radius 2 is 2.13 bits per heavy atom. The standard InChI is InChI=1S/C11H21N3O/c1-9-7-10(12)3-6-14(9)8-11(15)13-4-2-5-13/h9-10H,2-8,12H2,1H3. The second kappa shape index (κ2) is 4.49. The molecule has 2 atom stereocenters. The maximum atomic E-state index is 11.8. The van der Waals surface area contributed by atoms with Crippen molar-refractivity contribution in [3.63, 3.8) is 0 Å². The number of likely N-dealkylation sites (tertiary alicyclic amines) is 2. The average molecular weight is 211 g/mol. The molecule has 0 aliphatic carbocycles. The van der Waals surface area contributed by atoms with Crippen LogP contribution in [0.2, 0.25) is 0 Å². The largest absolute Gasteiger partial charge is 0.341 e. The highest BCUT2D eigenvalue weighted by molar-refractivity contribution is 5.79. The van der Waals surface area contributed by atoms with Crippen molar-refractivity contribution in [1.29, 1.82) is 0 Å². The van der Waals surface area contributed by atoms with E-state index in [2.05, 4.69) is 11.8 Å². The van der Waals surface area contributed by atoms with Crippen LogP contribution in [0.4, 0.5) is 0 Å². The Kier molecular flexibility index (Phi) is 3.26. The van der Waals surface area contributed by atoms with Crippen molar-refractivity contribution in [2.24, 2.45) is 5.73 Å². The van der Waals surface area contributed by atoms with Crippen LogP contribution in [-0.2, 0) is 4.79 Å². The van der Waals surface area contributed by atoms with Gasteiger partial charge >= 0.3 is 0 Å². The second-order valence-corrected chi connectivity index (χ2v) is 4.84. The summed E-state index contributed by atoms with van der Waals surface area (Å²) < 4.78 is 0. The number of hydrogen-bond donors (Lipinski definition) is 1. The molecule has 2 heterocycles. The quantitative estimate of drug-likeness (QED) is 0.701. The molecule has 4 heteroatoms. The van der Waals surface area contributed by atoms with Crippen LogP contribution in [0.5, 0.6) is 0 Å². The van der Waals surface area contributed by atoms with Gasteiger partial charge in [0, 0.05) is 31.7 Å². The van der Waals surface area contributed by atoms with E-state index in [1.54, 1.807) is 0 Å². The summed E-state index contributed by atoms with van der Waals surface area (Å²) in [5.41, 5.74) is 5.89. The molecular formula is C11H21N3O. The van der Waals surface area contributed by atoms with Crippen LogP contribution in [0.25, 0.3) is 0 Å². The number of amides is 1. The highest BCUT2D eigenvalue weighted by Gasteiger charge is 2.27. The normalized spacial score (nSPS) is 32.5. The molecule has 2 N–H and O–H groups in total. The SMILES string of the molecule is CC1CC(N)CCN1CC(=O)N1CCC1. The molecule has 2 fully saturated rings. The van der Waals surface area contributed by atoms with Crippen LogP contribution < -0.4 is 5.73 Å². The van der Waals surface area contributed by atoms with Crippen LogP contribution in [0.1, 0.15) is 26.2 Å². The Hall–Kier alpha value is -0.610. The smallest absolute Gasteiger partial charge is 0.236 e. The first-order valence-corrected chi connectivity index (χ1v) is 5.94. The third-order valence-corrected chi connectivity index (χ3v) is 3.60. The first kappa shape index (κ1) is 10.9. The molecule has 0 spiro atoms. The van der Waals surface area contributed by atoms with E-state index in [1.165, 1.54) is 6.42 Å². The Bertz CT molecular complexity index is 240. The predicted molar refractivity (Wildman–Crippen MR) is 59.4 cm³/mol. The number of nitrogens with zero attached hydrogens (tertiary/aromatic N) is 2. The summed E-state index contributed by atoms with van der Waals surface area (Å²) in [5.74, 6) is 0.295. The van der Waals surface area contributed by atoms with E-state index in [0.29, 0.717) is 24.5 Å². The van der Waals surface area contributed by atoms with Gasteiger partial charge in [0.05, 0.1) is 6.54 Å². The molecule has 4 nitrogen and oxygen atoms in total. The zero-order valence-corrected chi connectivity index (χ0v) is 9.48. The molecule has 2 aliphatic rings. The van der Waals surface area contributed by atoms with Gasteiger partial charge in [-0.05, 0) is 26.2 Å². The lowest BCUT2D eigenvalue weighted by Crippen LogP contribution is -2.52. The number of piperidine rings is 1. The monoisotopic (exact) mass is 211 g/mol. The maximum absolute atomic E-state index is 11.8. The molecule has 2 aliphatic heterocycles. The molecular weight excluding hydrogens is 190 g/mol. The highest BCUT2D eigenvalue weighted by atomic mass is 16.2.